The summed E-state index contributed by atoms with van der Waals surface area (Å²) in [6.45, 7) is 0.275. The molecular formula is C16H14F2N6O2. The van der Waals surface area contributed by atoms with Crippen molar-refractivity contribution in [2.75, 3.05) is 5.32 Å². The number of nitrogens with zero attached hydrogens (tertiary/aromatic N) is 4. The molecule has 0 unspecified atom stereocenters. The van der Waals surface area contributed by atoms with Crippen molar-refractivity contribution in [2.45, 2.75) is 13.0 Å². The molecule has 0 fully saturated rings. The highest BCUT2D eigenvalue weighted by Crippen LogP contribution is 2.21. The Bertz CT molecular complexity index is 910. The van der Waals surface area contributed by atoms with Crippen molar-refractivity contribution < 1.29 is 18.8 Å². The Morgan fingerprint density at radius 1 is 1.23 bits per heavy atom. The Labute approximate surface area is 146 Å². The molecule has 2 heterocycles. The lowest BCUT2D eigenvalue weighted by atomic mass is 10.1. The molecule has 3 rings (SSSR count). The molecule has 134 valence electrons. The number of benzene rings is 1. The van der Waals surface area contributed by atoms with Gasteiger partial charge in [0.2, 0.25) is 11.9 Å². The molecule has 0 spiro atoms. The van der Waals surface area contributed by atoms with Crippen LogP contribution in [0, 0.1) is 11.6 Å². The largest absolute Gasteiger partial charge is 0.321 e. The number of nitrogens with one attached hydrogen (secondary N) is 2. The zero-order valence-electron chi connectivity index (χ0n) is 13.4. The van der Waals surface area contributed by atoms with Gasteiger partial charge >= 0.3 is 0 Å². The van der Waals surface area contributed by atoms with Crippen molar-refractivity contribution in [1.29, 1.82) is 0 Å². The molecule has 0 saturated carbocycles. The number of halogens is 2. The van der Waals surface area contributed by atoms with Crippen molar-refractivity contribution in [1.82, 2.24) is 25.2 Å². The highest BCUT2D eigenvalue weighted by Gasteiger charge is 2.08. The first-order valence-corrected chi connectivity index (χ1v) is 7.55. The van der Waals surface area contributed by atoms with Crippen molar-refractivity contribution in [3.63, 3.8) is 0 Å². The number of carbonyl (C=O) groups is 1. The van der Waals surface area contributed by atoms with Crippen LogP contribution in [-0.2, 0) is 11.3 Å². The third kappa shape index (κ3) is 4.36. The van der Waals surface area contributed by atoms with E-state index < -0.39 is 17.5 Å². The average molecular weight is 360 g/mol. The molecule has 0 saturated heterocycles. The van der Waals surface area contributed by atoms with Gasteiger partial charge in [-0.05, 0) is 18.2 Å². The van der Waals surface area contributed by atoms with Crippen LogP contribution in [0.3, 0.4) is 0 Å². The summed E-state index contributed by atoms with van der Waals surface area (Å²) >= 11 is 0. The summed E-state index contributed by atoms with van der Waals surface area (Å²) in [6, 6.07) is 4.68. The summed E-state index contributed by atoms with van der Waals surface area (Å²) in [5, 5.41) is 15.4. The van der Waals surface area contributed by atoms with Crippen molar-refractivity contribution in [3.05, 3.63) is 54.5 Å². The third-order valence-electron chi connectivity index (χ3n) is 3.40. The van der Waals surface area contributed by atoms with E-state index in [-0.39, 0.29) is 18.9 Å². The molecule has 0 aliphatic carbocycles. The molecule has 3 N–H and O–H groups in total. The highest BCUT2D eigenvalue weighted by atomic mass is 19.1. The lowest BCUT2D eigenvalue weighted by Gasteiger charge is -2.05. The Morgan fingerprint density at radius 2 is 2.00 bits per heavy atom. The van der Waals surface area contributed by atoms with E-state index >= 15 is 0 Å². The van der Waals surface area contributed by atoms with Gasteiger partial charge in [-0.25, -0.2) is 24.2 Å². The van der Waals surface area contributed by atoms with E-state index in [4.69, 9.17) is 5.21 Å². The summed E-state index contributed by atoms with van der Waals surface area (Å²) in [5.41, 5.74) is 2.75. The van der Waals surface area contributed by atoms with Gasteiger partial charge in [0, 0.05) is 37.0 Å². The van der Waals surface area contributed by atoms with Gasteiger partial charge in [-0.1, -0.05) is 0 Å². The van der Waals surface area contributed by atoms with Gasteiger partial charge in [0.1, 0.15) is 11.6 Å². The van der Waals surface area contributed by atoms with Gasteiger partial charge in [-0.15, -0.1) is 0 Å². The van der Waals surface area contributed by atoms with Crippen LogP contribution in [0.4, 0.5) is 20.4 Å². The number of aromatic nitrogens is 4. The van der Waals surface area contributed by atoms with Gasteiger partial charge in [-0.3, -0.25) is 14.7 Å². The van der Waals surface area contributed by atoms with Crippen molar-refractivity contribution >= 4 is 17.5 Å². The van der Waals surface area contributed by atoms with E-state index in [2.05, 4.69) is 20.4 Å². The van der Waals surface area contributed by atoms with E-state index in [1.165, 1.54) is 35.3 Å². The maximum absolute atomic E-state index is 13.4. The fourth-order valence-corrected chi connectivity index (χ4v) is 2.23. The van der Waals surface area contributed by atoms with Crippen LogP contribution >= 0.6 is 0 Å². The summed E-state index contributed by atoms with van der Waals surface area (Å²) in [4.78, 5) is 19.3. The quantitative estimate of drug-likeness (QED) is 0.460. The second-order valence-corrected chi connectivity index (χ2v) is 5.33. The summed E-state index contributed by atoms with van der Waals surface area (Å²) in [6.07, 6.45) is 4.66. The van der Waals surface area contributed by atoms with Crippen molar-refractivity contribution in [2.24, 2.45) is 0 Å². The Kier molecular flexibility index (Phi) is 5.13. The Hall–Kier alpha value is -3.40. The van der Waals surface area contributed by atoms with Gasteiger partial charge in [0.25, 0.3) is 0 Å². The number of amides is 1. The molecule has 1 aromatic carbocycles. The molecule has 8 nitrogen and oxygen atoms in total. The van der Waals surface area contributed by atoms with E-state index in [1.54, 1.807) is 11.7 Å². The maximum Gasteiger partial charge on any atom is 0.245 e. The predicted molar refractivity (Wildman–Crippen MR) is 87.4 cm³/mol. The predicted octanol–water partition coefficient (Wildman–Crippen LogP) is 2.26. The second-order valence-electron chi connectivity index (χ2n) is 5.33. The standard InChI is InChI=1S/C16H14F2N6O2/c17-11-5-10(6-12(18)7-11)14-1-3-19-16(22-14)21-13-8-20-24(9-13)4-2-15(25)23-26/h1,3,5-9,26H,2,4H2,(H,23,25)(H,19,21,22). The molecule has 0 radical (unpaired) electrons. The zero-order chi connectivity index (χ0) is 18.5. The summed E-state index contributed by atoms with van der Waals surface area (Å²) in [5.74, 6) is -1.68. The zero-order valence-corrected chi connectivity index (χ0v) is 13.4. The first-order valence-electron chi connectivity index (χ1n) is 7.55. The van der Waals surface area contributed by atoms with Crippen LogP contribution < -0.4 is 10.8 Å². The number of hydroxylamine groups is 1. The van der Waals surface area contributed by atoms with Crippen LogP contribution in [0.25, 0.3) is 11.3 Å². The fraction of sp³-hybridized carbons (Fsp3) is 0.125. The van der Waals surface area contributed by atoms with Gasteiger partial charge in [-0.2, -0.15) is 5.10 Å². The molecule has 0 aliphatic rings. The molecule has 1 amide bonds. The van der Waals surface area contributed by atoms with E-state index in [1.807, 2.05) is 0 Å². The normalized spacial score (nSPS) is 10.6. The number of aryl methyl sites for hydroxylation is 1. The molecule has 0 bridgehead atoms. The highest BCUT2D eigenvalue weighted by molar-refractivity contribution is 5.74. The minimum atomic E-state index is -0.693. The fourth-order valence-electron chi connectivity index (χ4n) is 2.23. The average Bonchev–Trinajstić information content (AvgIpc) is 3.06. The van der Waals surface area contributed by atoms with Crippen molar-refractivity contribution in [3.8, 4) is 11.3 Å². The van der Waals surface area contributed by atoms with Crippen LogP contribution in [0.1, 0.15) is 6.42 Å². The minimum absolute atomic E-state index is 0.0642. The maximum atomic E-state index is 13.4. The Balaban J connectivity index is 1.73. The summed E-state index contributed by atoms with van der Waals surface area (Å²) in [7, 11) is 0. The van der Waals surface area contributed by atoms with Gasteiger partial charge < -0.3 is 5.32 Å². The molecular weight excluding hydrogens is 346 g/mol. The Morgan fingerprint density at radius 3 is 2.73 bits per heavy atom. The molecule has 0 aliphatic heterocycles. The van der Waals surface area contributed by atoms with Crippen LogP contribution in [0.15, 0.2) is 42.9 Å². The lowest BCUT2D eigenvalue weighted by Crippen LogP contribution is -2.20. The molecule has 0 atom stereocenters. The molecule has 3 aromatic rings. The van der Waals surface area contributed by atoms with Crippen LogP contribution in [0.2, 0.25) is 0 Å². The number of rotatable bonds is 6. The van der Waals surface area contributed by atoms with E-state index in [0.29, 0.717) is 16.9 Å². The number of carbonyl (C=O) groups excluding carboxylic acids is 1. The number of hydrogen-bond donors (Lipinski definition) is 3. The molecule has 26 heavy (non-hydrogen) atoms. The minimum Gasteiger partial charge on any atom is -0.321 e. The molecule has 2 aromatic heterocycles. The number of anilines is 2. The van der Waals surface area contributed by atoms with Crippen LogP contribution in [-0.4, -0.2) is 30.9 Å². The van der Waals surface area contributed by atoms with Gasteiger partial charge in [0.15, 0.2) is 0 Å². The van der Waals surface area contributed by atoms with E-state index in [9.17, 15) is 13.6 Å². The van der Waals surface area contributed by atoms with E-state index in [0.717, 1.165) is 6.07 Å². The number of hydrogen-bond acceptors (Lipinski definition) is 6. The van der Waals surface area contributed by atoms with Gasteiger partial charge in [0.05, 0.1) is 17.6 Å². The smallest absolute Gasteiger partial charge is 0.245 e. The SMILES string of the molecule is O=C(CCn1cc(Nc2nccc(-c3cc(F)cc(F)c3)n2)cn1)NO. The summed E-state index contributed by atoms with van der Waals surface area (Å²) < 4.78 is 28.2. The second kappa shape index (κ2) is 7.66. The van der Waals surface area contributed by atoms with Crippen LogP contribution in [0.5, 0.6) is 0 Å². The third-order valence-corrected chi connectivity index (χ3v) is 3.40. The first-order chi connectivity index (χ1) is 12.5. The topological polar surface area (TPSA) is 105 Å². The molecule has 10 heteroatoms. The lowest BCUT2D eigenvalue weighted by molar-refractivity contribution is -0.129. The monoisotopic (exact) mass is 360 g/mol. The first kappa shape index (κ1) is 17.4.